The third kappa shape index (κ3) is 2.30. The number of ether oxygens (including phenoxy) is 4. The predicted octanol–water partition coefficient (Wildman–Crippen LogP) is 0.816. The lowest BCUT2D eigenvalue weighted by molar-refractivity contribution is -0.193. The first kappa shape index (κ1) is 10.9. The van der Waals surface area contributed by atoms with E-state index < -0.39 is 12.1 Å². The lowest BCUT2D eigenvalue weighted by atomic mass is 10.2. The molecular weight excluding hydrogens is 200 g/mol. The highest BCUT2D eigenvalue weighted by atomic mass is 16.8. The Morgan fingerprint density at radius 1 is 1.33 bits per heavy atom. The van der Waals surface area contributed by atoms with Crippen molar-refractivity contribution in [1.29, 1.82) is 0 Å². The standard InChI is InChI=1S/C10H16O5/c1-6-8-9(15-10(2,3)14-8)12-5-4-7(11)13-6/h6,8-9H,4-5H2,1-3H3/t6-,8+,9+/m0/s1. The van der Waals surface area contributed by atoms with Crippen LogP contribution in [0.5, 0.6) is 0 Å². The number of carbonyl (C=O) groups excluding carboxylic acids is 1. The number of fused-ring (bicyclic) bond motifs is 1. The molecule has 2 aliphatic rings. The molecule has 0 radical (unpaired) electrons. The second kappa shape index (κ2) is 3.73. The molecule has 0 spiro atoms. The van der Waals surface area contributed by atoms with Gasteiger partial charge >= 0.3 is 5.97 Å². The summed E-state index contributed by atoms with van der Waals surface area (Å²) in [6.07, 6.45) is -0.867. The van der Waals surface area contributed by atoms with Gasteiger partial charge in [0.2, 0.25) is 0 Å². The van der Waals surface area contributed by atoms with Crippen molar-refractivity contribution in [3.05, 3.63) is 0 Å². The molecular formula is C10H16O5. The topological polar surface area (TPSA) is 54.0 Å². The summed E-state index contributed by atoms with van der Waals surface area (Å²) in [5.41, 5.74) is 0. The van der Waals surface area contributed by atoms with E-state index in [0.29, 0.717) is 6.61 Å². The Morgan fingerprint density at radius 2 is 2.07 bits per heavy atom. The molecule has 15 heavy (non-hydrogen) atoms. The highest BCUT2D eigenvalue weighted by molar-refractivity contribution is 5.69. The minimum atomic E-state index is -0.680. The minimum absolute atomic E-state index is 0.255. The first-order chi connectivity index (χ1) is 6.98. The fourth-order valence-corrected chi connectivity index (χ4v) is 1.80. The van der Waals surface area contributed by atoms with Crippen LogP contribution in [-0.4, -0.2) is 36.9 Å². The van der Waals surface area contributed by atoms with Crippen LogP contribution in [-0.2, 0) is 23.7 Å². The molecule has 2 aliphatic heterocycles. The second-order valence-electron chi connectivity index (χ2n) is 4.28. The molecule has 0 N–H and O–H groups in total. The van der Waals surface area contributed by atoms with E-state index in [0.717, 1.165) is 0 Å². The summed E-state index contributed by atoms with van der Waals surface area (Å²) in [5.74, 6) is -0.936. The van der Waals surface area contributed by atoms with Gasteiger partial charge in [0, 0.05) is 0 Å². The molecule has 0 bridgehead atoms. The van der Waals surface area contributed by atoms with Crippen LogP contribution in [0.3, 0.4) is 0 Å². The van der Waals surface area contributed by atoms with Gasteiger partial charge in [0.25, 0.3) is 0 Å². The molecule has 2 heterocycles. The lowest BCUT2D eigenvalue weighted by Gasteiger charge is -2.25. The zero-order valence-electron chi connectivity index (χ0n) is 9.19. The molecule has 0 amide bonds. The maximum absolute atomic E-state index is 11.2. The van der Waals surface area contributed by atoms with Crippen LogP contribution in [0.4, 0.5) is 0 Å². The van der Waals surface area contributed by atoms with Crippen molar-refractivity contribution in [3.63, 3.8) is 0 Å². The maximum Gasteiger partial charge on any atom is 0.308 e. The van der Waals surface area contributed by atoms with Crippen molar-refractivity contribution < 1.29 is 23.7 Å². The Morgan fingerprint density at radius 3 is 2.80 bits per heavy atom. The van der Waals surface area contributed by atoms with Crippen LogP contribution in [0.15, 0.2) is 0 Å². The molecule has 3 atom stereocenters. The predicted molar refractivity (Wildman–Crippen MR) is 49.9 cm³/mol. The van der Waals surface area contributed by atoms with Gasteiger partial charge in [-0.15, -0.1) is 0 Å². The van der Waals surface area contributed by atoms with E-state index in [1.165, 1.54) is 0 Å². The van der Waals surface area contributed by atoms with E-state index in [2.05, 4.69) is 0 Å². The van der Waals surface area contributed by atoms with Crippen molar-refractivity contribution in [2.75, 3.05) is 6.61 Å². The molecule has 0 unspecified atom stereocenters. The summed E-state index contributed by atoms with van der Waals surface area (Å²) in [5, 5.41) is 0. The molecule has 2 rings (SSSR count). The van der Waals surface area contributed by atoms with Gasteiger partial charge in [-0.25, -0.2) is 0 Å². The molecule has 5 nitrogen and oxygen atoms in total. The van der Waals surface area contributed by atoms with Gasteiger partial charge < -0.3 is 18.9 Å². The molecule has 0 aromatic rings. The number of hydrogen-bond donors (Lipinski definition) is 0. The Labute approximate surface area is 88.6 Å². The van der Waals surface area contributed by atoms with Gasteiger partial charge in [0.15, 0.2) is 12.1 Å². The summed E-state index contributed by atoms with van der Waals surface area (Å²) in [7, 11) is 0. The van der Waals surface area contributed by atoms with Crippen molar-refractivity contribution in [1.82, 2.24) is 0 Å². The molecule has 86 valence electrons. The lowest BCUT2D eigenvalue weighted by Crippen LogP contribution is -2.40. The zero-order valence-corrected chi connectivity index (χ0v) is 9.19. The van der Waals surface area contributed by atoms with E-state index in [1.54, 1.807) is 6.92 Å². The molecule has 0 aliphatic carbocycles. The monoisotopic (exact) mass is 216 g/mol. The van der Waals surface area contributed by atoms with E-state index >= 15 is 0 Å². The summed E-state index contributed by atoms with van der Waals surface area (Å²) in [6, 6.07) is 0. The average Bonchev–Trinajstić information content (AvgIpc) is 2.39. The second-order valence-corrected chi connectivity index (χ2v) is 4.28. The van der Waals surface area contributed by atoms with E-state index in [9.17, 15) is 4.79 Å². The Balaban J connectivity index is 2.10. The number of cyclic esters (lactones) is 1. The van der Waals surface area contributed by atoms with Crippen molar-refractivity contribution >= 4 is 5.97 Å². The smallest absolute Gasteiger partial charge is 0.308 e. The first-order valence-electron chi connectivity index (χ1n) is 5.15. The Kier molecular flexibility index (Phi) is 2.70. The van der Waals surface area contributed by atoms with E-state index in [1.807, 2.05) is 13.8 Å². The van der Waals surface area contributed by atoms with Gasteiger partial charge in [0.1, 0.15) is 12.2 Å². The highest BCUT2D eigenvalue weighted by Crippen LogP contribution is 2.32. The van der Waals surface area contributed by atoms with Crippen LogP contribution in [0.1, 0.15) is 27.2 Å². The van der Waals surface area contributed by atoms with Crippen LogP contribution in [0.25, 0.3) is 0 Å². The summed E-state index contributed by atoms with van der Waals surface area (Å²) < 4.78 is 21.8. The molecule has 2 saturated heterocycles. The van der Waals surface area contributed by atoms with Crippen molar-refractivity contribution in [3.8, 4) is 0 Å². The summed E-state index contributed by atoms with van der Waals surface area (Å²) in [4.78, 5) is 11.2. The third-order valence-electron chi connectivity index (χ3n) is 2.46. The maximum atomic E-state index is 11.2. The van der Waals surface area contributed by atoms with Crippen LogP contribution in [0, 0.1) is 0 Å². The molecule has 0 saturated carbocycles. The summed E-state index contributed by atoms with van der Waals surface area (Å²) in [6.45, 7) is 5.73. The molecule has 2 fully saturated rings. The number of carbonyl (C=O) groups is 1. The normalized spacial score (nSPS) is 40.2. The van der Waals surface area contributed by atoms with Gasteiger partial charge in [-0.1, -0.05) is 0 Å². The fourth-order valence-electron chi connectivity index (χ4n) is 1.80. The highest BCUT2D eigenvalue weighted by Gasteiger charge is 2.46. The third-order valence-corrected chi connectivity index (χ3v) is 2.46. The molecule has 5 heteroatoms. The Hall–Kier alpha value is -0.650. The van der Waals surface area contributed by atoms with Gasteiger partial charge in [-0.05, 0) is 20.8 Å². The van der Waals surface area contributed by atoms with Gasteiger partial charge in [-0.2, -0.15) is 0 Å². The minimum Gasteiger partial charge on any atom is -0.460 e. The molecule has 0 aromatic carbocycles. The van der Waals surface area contributed by atoms with Gasteiger partial charge in [0.05, 0.1) is 13.0 Å². The average molecular weight is 216 g/mol. The number of esters is 1. The van der Waals surface area contributed by atoms with Crippen LogP contribution < -0.4 is 0 Å². The number of hydrogen-bond acceptors (Lipinski definition) is 5. The van der Waals surface area contributed by atoms with Gasteiger partial charge in [-0.3, -0.25) is 4.79 Å². The quantitative estimate of drug-likeness (QED) is 0.561. The van der Waals surface area contributed by atoms with E-state index in [4.69, 9.17) is 18.9 Å². The first-order valence-corrected chi connectivity index (χ1v) is 5.15. The van der Waals surface area contributed by atoms with Crippen LogP contribution in [0.2, 0.25) is 0 Å². The Bertz CT molecular complexity index is 263. The largest absolute Gasteiger partial charge is 0.460 e. The SMILES string of the molecule is C[C@@H]1OC(=O)CCO[C@@H]2OC(C)(C)O[C@@H]21. The fraction of sp³-hybridized carbons (Fsp3) is 0.900. The molecule has 0 aromatic heterocycles. The van der Waals surface area contributed by atoms with E-state index in [-0.39, 0.29) is 24.6 Å². The van der Waals surface area contributed by atoms with Crippen molar-refractivity contribution in [2.24, 2.45) is 0 Å². The summed E-state index contributed by atoms with van der Waals surface area (Å²) >= 11 is 0. The van der Waals surface area contributed by atoms with Crippen molar-refractivity contribution in [2.45, 2.75) is 51.5 Å². The van der Waals surface area contributed by atoms with Crippen LogP contribution >= 0.6 is 0 Å². The zero-order chi connectivity index (χ0) is 11.1. The number of rotatable bonds is 0.